The van der Waals surface area contributed by atoms with E-state index in [0.717, 1.165) is 22.4 Å². The molecule has 0 radical (unpaired) electrons. The minimum atomic E-state index is -0.507. The van der Waals surface area contributed by atoms with Crippen LogP contribution in [-0.2, 0) is 0 Å². The summed E-state index contributed by atoms with van der Waals surface area (Å²) in [4.78, 5) is 4.17. The Kier molecular flexibility index (Phi) is 3.63. The molecule has 1 atom stereocenters. The maximum atomic E-state index is 9.40. The quantitative estimate of drug-likeness (QED) is 0.896. The molecule has 0 saturated carbocycles. The van der Waals surface area contributed by atoms with E-state index in [-0.39, 0.29) is 0 Å². The van der Waals surface area contributed by atoms with Gasteiger partial charge in [0.1, 0.15) is 5.75 Å². The summed E-state index contributed by atoms with van der Waals surface area (Å²) in [6, 6.07) is 9.61. The Balaban J connectivity index is 2.18. The van der Waals surface area contributed by atoms with E-state index in [1.165, 1.54) is 0 Å². The van der Waals surface area contributed by atoms with Gasteiger partial charge in [0.05, 0.1) is 6.10 Å². The van der Waals surface area contributed by atoms with Crippen molar-refractivity contribution in [3.05, 3.63) is 53.2 Å². The highest BCUT2D eigenvalue weighted by atomic mass is 16.5. The number of nitrogens with zero attached hydrogens (tertiary/aromatic N) is 1. The lowest BCUT2D eigenvalue weighted by molar-refractivity contribution is 0.198. The summed E-state index contributed by atoms with van der Waals surface area (Å²) < 4.78 is 5.68. The largest absolute Gasteiger partial charge is 0.439 e. The zero-order chi connectivity index (χ0) is 13.1. The third-order valence-electron chi connectivity index (χ3n) is 2.66. The first kappa shape index (κ1) is 12.6. The molecular formula is C15H17NO2. The predicted molar refractivity (Wildman–Crippen MR) is 70.9 cm³/mol. The van der Waals surface area contributed by atoms with Crippen LogP contribution in [0.2, 0.25) is 0 Å². The maximum Gasteiger partial charge on any atom is 0.219 e. The fourth-order valence-corrected chi connectivity index (χ4v) is 1.81. The van der Waals surface area contributed by atoms with Crippen LogP contribution in [0.25, 0.3) is 0 Å². The number of aliphatic hydroxyl groups excluding tert-OH is 1. The number of aliphatic hydroxyl groups is 1. The van der Waals surface area contributed by atoms with Gasteiger partial charge in [-0.1, -0.05) is 6.07 Å². The van der Waals surface area contributed by atoms with Crippen molar-refractivity contribution in [2.75, 3.05) is 0 Å². The van der Waals surface area contributed by atoms with Crippen LogP contribution in [0.5, 0.6) is 11.6 Å². The molecule has 2 rings (SSSR count). The average molecular weight is 243 g/mol. The fourth-order valence-electron chi connectivity index (χ4n) is 1.81. The van der Waals surface area contributed by atoms with E-state index in [1.807, 2.05) is 32.0 Å². The lowest BCUT2D eigenvalue weighted by Gasteiger charge is -2.08. The molecule has 0 amide bonds. The molecule has 1 heterocycles. The molecule has 0 aliphatic rings. The molecular weight excluding hydrogens is 226 g/mol. The molecule has 0 aliphatic heterocycles. The molecule has 0 aliphatic carbocycles. The molecule has 1 aromatic carbocycles. The van der Waals surface area contributed by atoms with Gasteiger partial charge in [0.2, 0.25) is 5.88 Å². The summed E-state index contributed by atoms with van der Waals surface area (Å²) in [5, 5.41) is 9.40. The minimum Gasteiger partial charge on any atom is -0.439 e. The van der Waals surface area contributed by atoms with Crippen LogP contribution in [0, 0.1) is 13.8 Å². The van der Waals surface area contributed by atoms with Crippen molar-refractivity contribution >= 4 is 0 Å². The lowest BCUT2D eigenvalue weighted by atomic mass is 10.1. The Morgan fingerprint density at radius 2 is 1.78 bits per heavy atom. The molecule has 0 fully saturated rings. The second-order valence-electron chi connectivity index (χ2n) is 4.53. The first-order valence-electron chi connectivity index (χ1n) is 5.95. The Hall–Kier alpha value is -1.87. The number of hydrogen-bond donors (Lipinski definition) is 1. The molecule has 1 aromatic heterocycles. The number of aryl methyl sites for hydroxylation is 2. The standard InChI is InChI=1S/C15H17NO2/c1-10-6-11(2)8-14(7-10)18-15-5-4-13(9-16-15)12(3)17/h4-9,12,17H,1-3H3. The second kappa shape index (κ2) is 5.19. The summed E-state index contributed by atoms with van der Waals surface area (Å²) in [6.07, 6.45) is 1.12. The average Bonchev–Trinajstić information content (AvgIpc) is 2.28. The van der Waals surface area contributed by atoms with Gasteiger partial charge in [0, 0.05) is 12.3 Å². The van der Waals surface area contributed by atoms with Crippen LogP contribution < -0.4 is 4.74 Å². The molecule has 1 N–H and O–H groups in total. The predicted octanol–water partition coefficient (Wildman–Crippen LogP) is 3.54. The van der Waals surface area contributed by atoms with Crippen molar-refractivity contribution in [1.29, 1.82) is 0 Å². The maximum absolute atomic E-state index is 9.40. The van der Waals surface area contributed by atoms with Gasteiger partial charge < -0.3 is 9.84 Å². The second-order valence-corrected chi connectivity index (χ2v) is 4.53. The summed E-state index contributed by atoms with van der Waals surface area (Å²) in [5.74, 6) is 1.31. The van der Waals surface area contributed by atoms with Gasteiger partial charge >= 0.3 is 0 Å². The summed E-state index contributed by atoms with van der Waals surface area (Å²) in [7, 11) is 0. The zero-order valence-electron chi connectivity index (χ0n) is 10.8. The van der Waals surface area contributed by atoms with Crippen molar-refractivity contribution in [2.45, 2.75) is 26.9 Å². The normalized spacial score (nSPS) is 12.2. The van der Waals surface area contributed by atoms with E-state index in [2.05, 4.69) is 11.1 Å². The summed E-state index contributed by atoms with van der Waals surface area (Å²) in [6.45, 7) is 5.77. The Labute approximate surface area is 107 Å². The van der Waals surface area contributed by atoms with Crippen molar-refractivity contribution < 1.29 is 9.84 Å². The van der Waals surface area contributed by atoms with Gasteiger partial charge in [0.15, 0.2) is 0 Å². The Bertz CT molecular complexity index is 512. The van der Waals surface area contributed by atoms with E-state index in [1.54, 1.807) is 19.2 Å². The van der Waals surface area contributed by atoms with Crippen molar-refractivity contribution in [3.63, 3.8) is 0 Å². The molecule has 2 aromatic rings. The van der Waals surface area contributed by atoms with Crippen LogP contribution in [0.4, 0.5) is 0 Å². The Morgan fingerprint density at radius 1 is 1.11 bits per heavy atom. The number of benzene rings is 1. The SMILES string of the molecule is Cc1cc(C)cc(Oc2ccc(C(C)O)cn2)c1. The van der Waals surface area contributed by atoms with Crippen LogP contribution in [0.15, 0.2) is 36.5 Å². The van der Waals surface area contributed by atoms with Crippen LogP contribution >= 0.6 is 0 Å². The number of rotatable bonds is 3. The molecule has 3 heteroatoms. The molecule has 3 nitrogen and oxygen atoms in total. The molecule has 0 bridgehead atoms. The van der Waals surface area contributed by atoms with E-state index in [0.29, 0.717) is 5.88 Å². The van der Waals surface area contributed by atoms with Gasteiger partial charge in [-0.3, -0.25) is 0 Å². The molecule has 1 unspecified atom stereocenters. The van der Waals surface area contributed by atoms with Crippen LogP contribution in [-0.4, -0.2) is 10.1 Å². The third kappa shape index (κ3) is 3.08. The summed E-state index contributed by atoms with van der Waals surface area (Å²) in [5.41, 5.74) is 3.10. The van der Waals surface area contributed by atoms with E-state index in [9.17, 15) is 5.11 Å². The third-order valence-corrected chi connectivity index (χ3v) is 2.66. The highest BCUT2D eigenvalue weighted by molar-refractivity contribution is 5.35. The first-order chi connectivity index (χ1) is 8.54. The van der Waals surface area contributed by atoms with Gasteiger partial charge in [-0.2, -0.15) is 0 Å². The lowest BCUT2D eigenvalue weighted by Crippen LogP contribution is -1.94. The van der Waals surface area contributed by atoms with Gasteiger partial charge in [-0.25, -0.2) is 4.98 Å². The van der Waals surface area contributed by atoms with E-state index >= 15 is 0 Å². The monoisotopic (exact) mass is 243 g/mol. The highest BCUT2D eigenvalue weighted by Gasteiger charge is 2.03. The van der Waals surface area contributed by atoms with Crippen molar-refractivity contribution in [1.82, 2.24) is 4.98 Å². The van der Waals surface area contributed by atoms with Gasteiger partial charge in [-0.05, 0) is 55.7 Å². The topological polar surface area (TPSA) is 42.4 Å². The fraction of sp³-hybridized carbons (Fsp3) is 0.267. The smallest absolute Gasteiger partial charge is 0.219 e. The minimum absolute atomic E-state index is 0.507. The van der Waals surface area contributed by atoms with Crippen LogP contribution in [0.1, 0.15) is 29.7 Å². The van der Waals surface area contributed by atoms with Crippen LogP contribution in [0.3, 0.4) is 0 Å². The number of hydrogen-bond acceptors (Lipinski definition) is 3. The highest BCUT2D eigenvalue weighted by Crippen LogP contribution is 2.23. The number of aromatic nitrogens is 1. The Morgan fingerprint density at radius 3 is 2.28 bits per heavy atom. The van der Waals surface area contributed by atoms with Gasteiger partial charge in [0.25, 0.3) is 0 Å². The molecule has 0 saturated heterocycles. The molecule has 94 valence electrons. The first-order valence-corrected chi connectivity index (χ1v) is 5.95. The van der Waals surface area contributed by atoms with E-state index < -0.39 is 6.10 Å². The number of ether oxygens (including phenoxy) is 1. The molecule has 0 spiro atoms. The zero-order valence-corrected chi connectivity index (χ0v) is 10.8. The summed E-state index contributed by atoms with van der Waals surface area (Å²) >= 11 is 0. The van der Waals surface area contributed by atoms with Crippen molar-refractivity contribution in [2.24, 2.45) is 0 Å². The van der Waals surface area contributed by atoms with E-state index in [4.69, 9.17) is 4.74 Å². The van der Waals surface area contributed by atoms with Crippen molar-refractivity contribution in [3.8, 4) is 11.6 Å². The molecule has 18 heavy (non-hydrogen) atoms. The number of pyridine rings is 1. The van der Waals surface area contributed by atoms with Gasteiger partial charge in [-0.15, -0.1) is 0 Å².